The molecule has 0 saturated heterocycles. The van der Waals surface area contributed by atoms with E-state index in [4.69, 9.17) is 5.21 Å². The van der Waals surface area contributed by atoms with Crippen LogP contribution in [0.5, 0.6) is 0 Å². The molecule has 66 valence electrons. The van der Waals surface area contributed by atoms with Gasteiger partial charge in [0, 0.05) is 0 Å². The first kappa shape index (κ1) is 8.15. The minimum absolute atomic E-state index is 0.790. The lowest BCUT2D eigenvalue weighted by Gasteiger charge is -1.92. The number of aliphatic imine (C=N–C) groups is 1. The molecular formula is C8H7N3OS. The van der Waals surface area contributed by atoms with Gasteiger partial charge in [-0.15, -0.1) is 11.3 Å². The Kier molecular flexibility index (Phi) is 2.20. The first-order valence-electron chi connectivity index (χ1n) is 3.65. The first-order valence-corrected chi connectivity index (χ1v) is 4.53. The minimum Gasteiger partial charge on any atom is -0.290 e. The van der Waals surface area contributed by atoms with Crippen molar-refractivity contribution in [2.24, 2.45) is 4.99 Å². The molecule has 5 heteroatoms. The molecule has 2 N–H and O–H groups in total. The lowest BCUT2D eigenvalue weighted by Crippen LogP contribution is -2.00. The van der Waals surface area contributed by atoms with Gasteiger partial charge in [-0.2, -0.15) is 0 Å². The van der Waals surface area contributed by atoms with Crippen LogP contribution in [0.15, 0.2) is 28.7 Å². The third kappa shape index (κ3) is 1.66. The Labute approximate surface area is 78.5 Å². The Hall–Kier alpha value is -1.46. The summed E-state index contributed by atoms with van der Waals surface area (Å²) in [5, 5.41) is 8.29. The van der Waals surface area contributed by atoms with E-state index in [9.17, 15) is 0 Å². The van der Waals surface area contributed by atoms with Crippen LogP contribution in [-0.2, 0) is 0 Å². The van der Waals surface area contributed by atoms with Crippen molar-refractivity contribution in [2.45, 2.75) is 0 Å². The molecule has 0 spiro atoms. The summed E-state index contributed by atoms with van der Waals surface area (Å²) in [6.45, 7) is 0. The molecule has 1 aromatic carbocycles. The predicted molar refractivity (Wildman–Crippen MR) is 52.7 cm³/mol. The number of hydroxylamine groups is 1. The second kappa shape index (κ2) is 3.51. The first-order chi connectivity index (χ1) is 6.40. The Morgan fingerprint density at radius 3 is 3.31 bits per heavy atom. The molecule has 0 radical (unpaired) electrons. The van der Waals surface area contributed by atoms with Gasteiger partial charge >= 0.3 is 0 Å². The van der Waals surface area contributed by atoms with Crippen molar-refractivity contribution in [3.63, 3.8) is 0 Å². The summed E-state index contributed by atoms with van der Waals surface area (Å²) in [6, 6.07) is 5.66. The van der Waals surface area contributed by atoms with Crippen LogP contribution < -0.4 is 5.48 Å². The van der Waals surface area contributed by atoms with Crippen LogP contribution >= 0.6 is 11.3 Å². The van der Waals surface area contributed by atoms with Crippen LogP contribution in [0.2, 0.25) is 0 Å². The number of hydrogen-bond acceptors (Lipinski definition) is 4. The lowest BCUT2D eigenvalue weighted by atomic mass is 10.3. The Balaban J connectivity index is 2.42. The second-order valence-electron chi connectivity index (χ2n) is 2.39. The zero-order valence-corrected chi connectivity index (χ0v) is 7.45. The normalized spacial score (nSPS) is 11.2. The summed E-state index contributed by atoms with van der Waals surface area (Å²) in [7, 11) is 0. The number of thiazole rings is 1. The van der Waals surface area contributed by atoms with Crippen molar-refractivity contribution in [3.8, 4) is 0 Å². The van der Waals surface area contributed by atoms with Crippen molar-refractivity contribution in [1.29, 1.82) is 0 Å². The van der Waals surface area contributed by atoms with Gasteiger partial charge in [-0.25, -0.2) is 9.98 Å². The molecule has 2 rings (SSSR count). The molecule has 4 nitrogen and oxygen atoms in total. The molecule has 0 bridgehead atoms. The molecule has 1 heterocycles. The highest BCUT2D eigenvalue weighted by atomic mass is 32.1. The van der Waals surface area contributed by atoms with Crippen LogP contribution in [0, 0.1) is 0 Å². The van der Waals surface area contributed by atoms with E-state index in [1.807, 2.05) is 23.7 Å². The molecule has 1 aromatic heterocycles. The lowest BCUT2D eigenvalue weighted by molar-refractivity contribution is 0.240. The van der Waals surface area contributed by atoms with Gasteiger partial charge in [0.1, 0.15) is 6.34 Å². The summed E-state index contributed by atoms with van der Waals surface area (Å²) in [5.74, 6) is 0. The minimum atomic E-state index is 0.790. The summed E-state index contributed by atoms with van der Waals surface area (Å²) < 4.78 is 1.09. The van der Waals surface area contributed by atoms with Gasteiger partial charge in [0.25, 0.3) is 0 Å². The third-order valence-electron chi connectivity index (χ3n) is 1.59. The quantitative estimate of drug-likeness (QED) is 0.435. The molecular weight excluding hydrogens is 186 g/mol. The molecule has 0 saturated carbocycles. The van der Waals surface area contributed by atoms with E-state index in [0.29, 0.717) is 0 Å². The van der Waals surface area contributed by atoms with Gasteiger partial charge in [-0.05, 0) is 18.2 Å². The maximum atomic E-state index is 8.29. The predicted octanol–water partition coefficient (Wildman–Crippen LogP) is 1.93. The average molecular weight is 193 g/mol. The number of benzene rings is 1. The van der Waals surface area contributed by atoms with E-state index >= 15 is 0 Å². The number of rotatable bonds is 2. The molecule has 0 aliphatic rings. The van der Waals surface area contributed by atoms with E-state index in [-0.39, 0.29) is 0 Å². The van der Waals surface area contributed by atoms with Gasteiger partial charge < -0.3 is 0 Å². The van der Waals surface area contributed by atoms with E-state index in [0.717, 1.165) is 15.9 Å². The molecule has 2 aromatic rings. The van der Waals surface area contributed by atoms with E-state index in [1.54, 1.807) is 16.8 Å². The fourth-order valence-corrected chi connectivity index (χ4v) is 1.74. The summed E-state index contributed by atoms with van der Waals surface area (Å²) >= 11 is 1.57. The Bertz CT molecular complexity index is 438. The number of nitrogens with one attached hydrogen (secondary N) is 1. The van der Waals surface area contributed by atoms with E-state index < -0.39 is 0 Å². The molecule has 0 aliphatic heterocycles. The van der Waals surface area contributed by atoms with Gasteiger partial charge in [-0.1, -0.05) is 0 Å². The van der Waals surface area contributed by atoms with Crippen LogP contribution in [0.1, 0.15) is 0 Å². The van der Waals surface area contributed by atoms with E-state index in [2.05, 4.69) is 9.98 Å². The van der Waals surface area contributed by atoms with Crippen LogP contribution in [-0.4, -0.2) is 16.5 Å². The smallest absolute Gasteiger partial charge is 0.113 e. The van der Waals surface area contributed by atoms with Crippen LogP contribution in [0.25, 0.3) is 10.2 Å². The molecule has 0 atom stereocenters. The summed E-state index contributed by atoms with van der Waals surface area (Å²) in [6.07, 6.45) is 1.22. The molecule has 0 amide bonds. The van der Waals surface area contributed by atoms with Crippen molar-refractivity contribution < 1.29 is 5.21 Å². The zero-order valence-electron chi connectivity index (χ0n) is 6.64. The molecule has 0 aliphatic carbocycles. The van der Waals surface area contributed by atoms with Crippen LogP contribution in [0.4, 0.5) is 5.69 Å². The topological polar surface area (TPSA) is 57.5 Å². The maximum Gasteiger partial charge on any atom is 0.113 e. The number of fused-ring (bicyclic) bond motifs is 1. The SMILES string of the molecule is ONC=Nc1ccc2ncsc2c1. The second-order valence-corrected chi connectivity index (χ2v) is 3.28. The zero-order chi connectivity index (χ0) is 9.10. The Morgan fingerprint density at radius 1 is 1.54 bits per heavy atom. The van der Waals surface area contributed by atoms with Crippen LogP contribution in [0.3, 0.4) is 0 Å². The summed E-state index contributed by atoms with van der Waals surface area (Å²) in [4.78, 5) is 8.09. The fraction of sp³-hybridized carbons (Fsp3) is 0. The van der Waals surface area contributed by atoms with Gasteiger partial charge in [0.05, 0.1) is 21.4 Å². The monoisotopic (exact) mass is 193 g/mol. The molecule has 13 heavy (non-hydrogen) atoms. The van der Waals surface area contributed by atoms with Gasteiger partial charge in [-0.3, -0.25) is 10.7 Å². The highest BCUT2D eigenvalue weighted by Crippen LogP contribution is 2.22. The standard InChI is InChI=1S/C8H7N3OS/c12-11-4-9-6-1-2-7-8(3-6)13-5-10-7/h1-5,12H,(H,9,11). The fourth-order valence-electron chi connectivity index (χ4n) is 1.03. The van der Waals surface area contributed by atoms with E-state index in [1.165, 1.54) is 6.34 Å². The summed E-state index contributed by atoms with van der Waals surface area (Å²) in [5.41, 5.74) is 5.41. The highest BCUT2D eigenvalue weighted by molar-refractivity contribution is 7.16. The number of nitrogens with zero attached hydrogens (tertiary/aromatic N) is 2. The molecule has 0 unspecified atom stereocenters. The van der Waals surface area contributed by atoms with Gasteiger partial charge in [0.15, 0.2) is 0 Å². The average Bonchev–Trinajstić information content (AvgIpc) is 2.61. The maximum absolute atomic E-state index is 8.29. The number of hydrogen-bond donors (Lipinski definition) is 2. The molecule has 0 fully saturated rings. The van der Waals surface area contributed by atoms with Crippen molar-refractivity contribution >= 4 is 33.6 Å². The van der Waals surface area contributed by atoms with Crippen molar-refractivity contribution in [2.75, 3.05) is 0 Å². The van der Waals surface area contributed by atoms with Gasteiger partial charge in [0.2, 0.25) is 0 Å². The largest absolute Gasteiger partial charge is 0.290 e. The van der Waals surface area contributed by atoms with Crippen molar-refractivity contribution in [1.82, 2.24) is 10.5 Å². The highest BCUT2D eigenvalue weighted by Gasteiger charge is 1.96. The van der Waals surface area contributed by atoms with Crippen molar-refractivity contribution in [3.05, 3.63) is 23.7 Å². The Morgan fingerprint density at radius 2 is 2.46 bits per heavy atom. The number of aromatic nitrogens is 1. The third-order valence-corrected chi connectivity index (χ3v) is 2.38.